The number of piperidine rings is 1. The molecule has 1 aromatic carbocycles. The van der Waals surface area contributed by atoms with Crippen LogP contribution in [-0.2, 0) is 0 Å². The number of nitrogens with one attached hydrogen (secondary N) is 1. The molecule has 0 aliphatic carbocycles. The first-order valence-electron chi connectivity index (χ1n) is 7.71. The van der Waals surface area contributed by atoms with E-state index in [-0.39, 0.29) is 0 Å². The van der Waals surface area contributed by atoms with Gasteiger partial charge in [0.25, 0.3) is 0 Å². The fraction of sp³-hybridized carbons (Fsp3) is 0.471. The first-order chi connectivity index (χ1) is 10.1. The number of para-hydroxylation sites is 1. The summed E-state index contributed by atoms with van der Waals surface area (Å²) in [6.45, 7) is 5.51. The highest BCUT2D eigenvalue weighted by Crippen LogP contribution is 2.30. The van der Waals surface area contributed by atoms with Crippen LogP contribution in [0.25, 0.3) is 0 Å². The lowest BCUT2D eigenvalue weighted by Gasteiger charge is -2.36. The Morgan fingerprint density at radius 1 is 1.24 bits per heavy atom. The molecule has 1 fully saturated rings. The summed E-state index contributed by atoms with van der Waals surface area (Å²) in [5, 5.41) is 3.45. The molecule has 3 rings (SSSR count). The third kappa shape index (κ3) is 3.10. The largest absolute Gasteiger partial charge is 0.326 e. The number of aromatic nitrogens is 2. The summed E-state index contributed by atoms with van der Waals surface area (Å²) in [7, 11) is 2.21. The summed E-state index contributed by atoms with van der Waals surface area (Å²) in [6, 6.07) is 11.4. The Bertz CT molecular complexity index is 590. The number of hydrogen-bond acceptors (Lipinski definition) is 3. The van der Waals surface area contributed by atoms with E-state index >= 15 is 0 Å². The second-order valence-corrected chi connectivity index (χ2v) is 6.11. The number of rotatable bonds is 3. The minimum Gasteiger partial charge on any atom is -0.326 e. The van der Waals surface area contributed by atoms with E-state index in [1.165, 1.54) is 12.8 Å². The molecule has 1 aliphatic heterocycles. The van der Waals surface area contributed by atoms with Gasteiger partial charge in [0.2, 0.25) is 5.95 Å². The fourth-order valence-corrected chi connectivity index (χ4v) is 3.05. The average molecular weight is 284 g/mol. The molecule has 2 heterocycles. The lowest BCUT2D eigenvalue weighted by atomic mass is 9.99. The topological polar surface area (TPSA) is 33.1 Å². The van der Waals surface area contributed by atoms with Crippen molar-refractivity contribution in [1.29, 1.82) is 0 Å². The molecule has 2 unspecified atom stereocenters. The molecule has 1 aliphatic rings. The Hall–Kier alpha value is -1.81. The Balaban J connectivity index is 1.83. The van der Waals surface area contributed by atoms with Crippen molar-refractivity contribution in [1.82, 2.24) is 14.5 Å². The van der Waals surface area contributed by atoms with Gasteiger partial charge in [0.1, 0.15) is 0 Å². The van der Waals surface area contributed by atoms with Crippen LogP contribution < -0.4 is 5.32 Å². The van der Waals surface area contributed by atoms with Crippen LogP contribution >= 0.6 is 0 Å². The van der Waals surface area contributed by atoms with Crippen molar-refractivity contribution < 1.29 is 0 Å². The first kappa shape index (κ1) is 14.1. The third-order valence-corrected chi connectivity index (χ3v) is 4.46. The van der Waals surface area contributed by atoms with Crippen LogP contribution in [0, 0.1) is 6.92 Å². The summed E-state index contributed by atoms with van der Waals surface area (Å²) >= 11 is 0. The smallest absolute Gasteiger partial charge is 0.207 e. The SMILES string of the molecule is Cc1cn(C2CCN(C)C(C)C2)c(Nc2ccccc2)n1. The normalized spacial score (nSPS) is 23.2. The maximum absolute atomic E-state index is 4.66. The highest BCUT2D eigenvalue weighted by molar-refractivity contribution is 5.53. The van der Waals surface area contributed by atoms with Gasteiger partial charge < -0.3 is 14.8 Å². The molecule has 1 aromatic heterocycles. The van der Waals surface area contributed by atoms with Gasteiger partial charge in [0.15, 0.2) is 0 Å². The lowest BCUT2D eigenvalue weighted by molar-refractivity contribution is 0.158. The zero-order valence-electron chi connectivity index (χ0n) is 13.1. The predicted octanol–water partition coefficient (Wildman–Crippen LogP) is 3.59. The summed E-state index contributed by atoms with van der Waals surface area (Å²) in [5.41, 5.74) is 2.16. The molecule has 0 amide bonds. The molecule has 1 N–H and O–H groups in total. The van der Waals surface area contributed by atoms with Gasteiger partial charge in [-0.05, 0) is 45.9 Å². The number of likely N-dealkylation sites (tertiary alicyclic amines) is 1. The Kier molecular flexibility index (Phi) is 3.97. The zero-order chi connectivity index (χ0) is 14.8. The predicted molar refractivity (Wildman–Crippen MR) is 87.1 cm³/mol. The number of anilines is 2. The van der Waals surface area contributed by atoms with E-state index in [9.17, 15) is 0 Å². The monoisotopic (exact) mass is 284 g/mol. The summed E-state index contributed by atoms with van der Waals surface area (Å²) in [5.74, 6) is 0.959. The van der Waals surface area contributed by atoms with Gasteiger partial charge >= 0.3 is 0 Å². The van der Waals surface area contributed by atoms with Gasteiger partial charge in [0.05, 0.1) is 5.69 Å². The van der Waals surface area contributed by atoms with Crippen LogP contribution in [0.5, 0.6) is 0 Å². The average Bonchev–Trinajstić information content (AvgIpc) is 2.84. The van der Waals surface area contributed by atoms with Gasteiger partial charge in [-0.2, -0.15) is 0 Å². The first-order valence-corrected chi connectivity index (χ1v) is 7.71. The van der Waals surface area contributed by atoms with Crippen LogP contribution in [0.1, 0.15) is 31.5 Å². The number of nitrogens with zero attached hydrogens (tertiary/aromatic N) is 3. The Labute approximate surface area is 126 Å². The van der Waals surface area contributed by atoms with Gasteiger partial charge in [-0.1, -0.05) is 18.2 Å². The molecule has 112 valence electrons. The van der Waals surface area contributed by atoms with Gasteiger partial charge in [-0.3, -0.25) is 0 Å². The summed E-state index contributed by atoms with van der Waals surface area (Å²) in [6.07, 6.45) is 4.53. The van der Waals surface area contributed by atoms with E-state index in [1.54, 1.807) is 0 Å². The van der Waals surface area contributed by atoms with Crippen molar-refractivity contribution in [3.05, 3.63) is 42.2 Å². The van der Waals surface area contributed by atoms with E-state index in [0.717, 1.165) is 23.9 Å². The number of imidazole rings is 1. The third-order valence-electron chi connectivity index (χ3n) is 4.46. The second kappa shape index (κ2) is 5.90. The summed E-state index contributed by atoms with van der Waals surface area (Å²) < 4.78 is 2.33. The molecule has 2 aromatic rings. The van der Waals surface area contributed by atoms with Crippen LogP contribution in [-0.4, -0.2) is 34.1 Å². The molecule has 0 saturated carbocycles. The van der Waals surface area contributed by atoms with Crippen molar-refractivity contribution in [2.45, 2.75) is 38.8 Å². The fourth-order valence-electron chi connectivity index (χ4n) is 3.05. The van der Waals surface area contributed by atoms with Crippen molar-refractivity contribution in [3.63, 3.8) is 0 Å². The van der Waals surface area contributed by atoms with Crippen LogP contribution in [0.15, 0.2) is 36.5 Å². The summed E-state index contributed by atoms with van der Waals surface area (Å²) in [4.78, 5) is 7.10. The molecule has 2 atom stereocenters. The van der Waals surface area contributed by atoms with E-state index < -0.39 is 0 Å². The second-order valence-electron chi connectivity index (χ2n) is 6.11. The van der Waals surface area contributed by atoms with Crippen LogP contribution in [0.3, 0.4) is 0 Å². The standard InChI is InChI=1S/C17H24N4/c1-13-12-21(16-9-10-20(3)14(2)11-16)17(18-13)19-15-7-5-4-6-8-15/h4-8,12,14,16H,9-11H2,1-3H3,(H,18,19). The molecular formula is C17H24N4. The maximum Gasteiger partial charge on any atom is 0.207 e. The quantitative estimate of drug-likeness (QED) is 0.935. The van der Waals surface area contributed by atoms with Crippen molar-refractivity contribution in [3.8, 4) is 0 Å². The van der Waals surface area contributed by atoms with Gasteiger partial charge in [-0.25, -0.2) is 4.98 Å². The van der Waals surface area contributed by atoms with Gasteiger partial charge in [-0.15, -0.1) is 0 Å². The van der Waals surface area contributed by atoms with Crippen molar-refractivity contribution in [2.24, 2.45) is 0 Å². The molecule has 4 heteroatoms. The lowest BCUT2D eigenvalue weighted by Crippen LogP contribution is -2.38. The highest BCUT2D eigenvalue weighted by atomic mass is 15.2. The molecular weight excluding hydrogens is 260 g/mol. The molecule has 21 heavy (non-hydrogen) atoms. The highest BCUT2D eigenvalue weighted by Gasteiger charge is 2.25. The maximum atomic E-state index is 4.66. The van der Waals surface area contributed by atoms with E-state index in [0.29, 0.717) is 12.1 Å². The molecule has 0 radical (unpaired) electrons. The number of hydrogen-bond donors (Lipinski definition) is 1. The minimum atomic E-state index is 0.531. The number of benzene rings is 1. The van der Waals surface area contributed by atoms with Gasteiger partial charge in [0, 0.05) is 30.5 Å². The van der Waals surface area contributed by atoms with Crippen LogP contribution in [0.2, 0.25) is 0 Å². The van der Waals surface area contributed by atoms with Crippen molar-refractivity contribution in [2.75, 3.05) is 18.9 Å². The van der Waals surface area contributed by atoms with Crippen molar-refractivity contribution >= 4 is 11.6 Å². The molecule has 4 nitrogen and oxygen atoms in total. The van der Waals surface area contributed by atoms with E-state index in [4.69, 9.17) is 0 Å². The Morgan fingerprint density at radius 3 is 2.71 bits per heavy atom. The van der Waals surface area contributed by atoms with E-state index in [2.05, 4.69) is 59.0 Å². The molecule has 1 saturated heterocycles. The molecule has 0 bridgehead atoms. The Morgan fingerprint density at radius 2 is 2.00 bits per heavy atom. The molecule has 0 spiro atoms. The minimum absolute atomic E-state index is 0.531. The number of aryl methyl sites for hydroxylation is 1. The zero-order valence-corrected chi connectivity index (χ0v) is 13.1. The van der Waals surface area contributed by atoms with Crippen LogP contribution in [0.4, 0.5) is 11.6 Å². The van der Waals surface area contributed by atoms with E-state index in [1.807, 2.05) is 18.2 Å².